The van der Waals surface area contributed by atoms with Crippen molar-refractivity contribution in [3.63, 3.8) is 0 Å². The SMILES string of the molecule is Cc1cc(S(=O)(=O)[O-])ccc1-n1[nH]c(C)c(N=Nc2cc(S(=O)(=O)[O-])ccc2C(=O)[O-])c1=O.[Cr+2].[H+]. The second-order valence-corrected chi connectivity index (χ2v) is 9.51. The number of aromatic carboxylic acids is 1. The standard InChI is InChI=1S/C18H16N4O9S2.Cr/c1-9-7-11(32(26,27)28)4-6-15(9)22-17(23)16(10(2)21-22)20-19-14-8-12(33(29,30)31)3-5-13(14)18(24)25;/h3-8,21H,1-2H3,(H,24,25)(H,26,27,28)(H,29,30,31);/q;+2/p-2. The number of azo groups is 1. The molecule has 1 heterocycles. The molecule has 1 aromatic heterocycles. The van der Waals surface area contributed by atoms with Crippen molar-refractivity contribution in [2.24, 2.45) is 10.2 Å². The molecular weight excluding hydrogens is 532 g/mol. The summed E-state index contributed by atoms with van der Waals surface area (Å²) >= 11 is 0. The van der Waals surface area contributed by atoms with Crippen LogP contribution in [0.4, 0.5) is 11.4 Å². The summed E-state index contributed by atoms with van der Waals surface area (Å²) in [5, 5.41) is 21.3. The number of benzene rings is 2. The van der Waals surface area contributed by atoms with Crippen molar-refractivity contribution < 1.29 is 54.6 Å². The molecule has 0 fully saturated rings. The molecule has 0 unspecified atom stereocenters. The van der Waals surface area contributed by atoms with Gasteiger partial charge in [0.15, 0.2) is 5.69 Å². The minimum Gasteiger partial charge on any atom is -0.744 e. The normalized spacial score (nSPS) is 12.0. The molecule has 13 nitrogen and oxygen atoms in total. The zero-order chi connectivity index (χ0) is 24.7. The molecule has 3 aromatic rings. The number of aryl methyl sites for hydroxylation is 2. The number of carbonyl (C=O) groups excluding carboxylic acids is 1. The summed E-state index contributed by atoms with van der Waals surface area (Å²) in [7, 11) is -9.62. The fourth-order valence-corrected chi connectivity index (χ4v) is 3.93. The van der Waals surface area contributed by atoms with Gasteiger partial charge in [0.1, 0.15) is 20.2 Å². The maximum atomic E-state index is 12.8. The molecule has 0 spiro atoms. The van der Waals surface area contributed by atoms with E-state index < -0.39 is 52.8 Å². The van der Waals surface area contributed by atoms with Gasteiger partial charge in [-0.1, -0.05) is 0 Å². The number of nitrogens with zero attached hydrogens (tertiary/aromatic N) is 3. The van der Waals surface area contributed by atoms with E-state index in [-0.39, 0.29) is 41.4 Å². The van der Waals surface area contributed by atoms with Crippen molar-refractivity contribution in [1.29, 1.82) is 0 Å². The number of H-pyrrole nitrogens is 1. The Kier molecular flexibility index (Phi) is 7.67. The first kappa shape index (κ1) is 27.1. The van der Waals surface area contributed by atoms with E-state index >= 15 is 0 Å². The van der Waals surface area contributed by atoms with E-state index in [1.54, 1.807) is 0 Å². The van der Waals surface area contributed by atoms with Gasteiger partial charge >= 0.3 is 18.8 Å². The molecule has 0 aliphatic heterocycles. The third-order valence-corrected chi connectivity index (χ3v) is 6.14. The molecule has 0 radical (unpaired) electrons. The van der Waals surface area contributed by atoms with Crippen molar-refractivity contribution in [3.05, 3.63) is 63.6 Å². The van der Waals surface area contributed by atoms with E-state index in [4.69, 9.17) is 0 Å². The Morgan fingerprint density at radius 1 is 0.971 bits per heavy atom. The minimum absolute atomic E-state index is 0. The van der Waals surface area contributed by atoms with Gasteiger partial charge in [-0.25, -0.2) is 21.5 Å². The third kappa shape index (κ3) is 5.50. The van der Waals surface area contributed by atoms with Crippen LogP contribution >= 0.6 is 0 Å². The maximum Gasteiger partial charge on any atom is 2.00 e. The van der Waals surface area contributed by atoms with E-state index in [0.29, 0.717) is 6.07 Å². The van der Waals surface area contributed by atoms with E-state index in [1.807, 2.05) is 0 Å². The van der Waals surface area contributed by atoms with Crippen LogP contribution in [0.5, 0.6) is 0 Å². The molecule has 1 N–H and O–H groups in total. The molecule has 0 bridgehead atoms. The number of carboxylic acid groups (broad SMARTS) is 1. The molecule has 16 heteroatoms. The molecule has 0 saturated carbocycles. The van der Waals surface area contributed by atoms with Gasteiger partial charge in [-0.2, -0.15) is 0 Å². The number of aromatic amines is 1. The van der Waals surface area contributed by atoms with Crippen molar-refractivity contribution in [1.82, 2.24) is 9.78 Å². The number of hydrogen-bond acceptors (Lipinski definition) is 11. The first-order valence-corrected chi connectivity index (χ1v) is 11.6. The number of aromatic nitrogens is 2. The molecule has 178 valence electrons. The molecule has 0 atom stereocenters. The van der Waals surface area contributed by atoms with Crippen LogP contribution in [0.1, 0.15) is 23.0 Å². The summed E-state index contributed by atoms with van der Waals surface area (Å²) in [6.07, 6.45) is 0. The van der Waals surface area contributed by atoms with Gasteiger partial charge in [0, 0.05) is 5.56 Å². The number of carboxylic acids is 1. The first-order chi connectivity index (χ1) is 15.2. The van der Waals surface area contributed by atoms with Crippen molar-refractivity contribution >= 4 is 37.6 Å². The fourth-order valence-electron chi connectivity index (χ4n) is 2.89. The predicted octanol–water partition coefficient (Wildman–Crippen LogP) is 0.480. The Balaban J connectivity index is 0.00000306. The number of carbonyl (C=O) groups is 1. The van der Waals surface area contributed by atoms with Crippen molar-refractivity contribution in [2.45, 2.75) is 23.6 Å². The fraction of sp³-hybridized carbons (Fsp3) is 0.111. The summed E-state index contributed by atoms with van der Waals surface area (Å²) in [5.74, 6) is -1.72. The second kappa shape index (κ2) is 9.62. The number of rotatable bonds is 6. The van der Waals surface area contributed by atoms with Gasteiger partial charge in [-0.3, -0.25) is 9.89 Å². The summed E-state index contributed by atoms with van der Waals surface area (Å²) < 4.78 is 68.2. The molecule has 2 aromatic carbocycles. The smallest absolute Gasteiger partial charge is 0.744 e. The summed E-state index contributed by atoms with van der Waals surface area (Å²) in [6, 6.07) is 5.61. The quantitative estimate of drug-likeness (QED) is 0.335. The van der Waals surface area contributed by atoms with Crippen LogP contribution in [-0.2, 0) is 37.6 Å². The molecule has 0 aliphatic carbocycles. The maximum absolute atomic E-state index is 12.8. The second-order valence-electron chi connectivity index (χ2n) is 6.75. The van der Waals surface area contributed by atoms with Crippen LogP contribution in [0, 0.1) is 13.8 Å². The molecule has 34 heavy (non-hydrogen) atoms. The molecular formula is C18H14CrN4O9S2. The van der Waals surface area contributed by atoms with Crippen LogP contribution in [0.15, 0.2) is 61.2 Å². The summed E-state index contributed by atoms with van der Waals surface area (Å²) in [6.45, 7) is 2.91. The van der Waals surface area contributed by atoms with Crippen molar-refractivity contribution in [3.8, 4) is 5.69 Å². The van der Waals surface area contributed by atoms with Gasteiger partial charge in [0.2, 0.25) is 0 Å². The molecule has 0 saturated heterocycles. The summed E-state index contributed by atoms with van der Waals surface area (Å²) in [5.41, 5.74) is -1.50. The van der Waals surface area contributed by atoms with E-state index in [1.165, 1.54) is 19.9 Å². The predicted molar refractivity (Wildman–Crippen MR) is 108 cm³/mol. The molecule has 3 rings (SSSR count). The minimum atomic E-state index is -4.92. The van der Waals surface area contributed by atoms with Gasteiger partial charge in [-0.05, 0) is 55.8 Å². The Bertz CT molecular complexity index is 1600. The van der Waals surface area contributed by atoms with Crippen LogP contribution < -0.4 is 10.7 Å². The van der Waals surface area contributed by atoms with Crippen molar-refractivity contribution in [2.75, 3.05) is 0 Å². The van der Waals surface area contributed by atoms with Gasteiger partial charge in [-0.15, -0.1) is 10.2 Å². The van der Waals surface area contributed by atoms with Crippen LogP contribution in [-0.4, -0.2) is 41.7 Å². The summed E-state index contributed by atoms with van der Waals surface area (Å²) in [4.78, 5) is 22.8. The van der Waals surface area contributed by atoms with Gasteiger partial charge < -0.3 is 19.0 Å². The Morgan fingerprint density at radius 3 is 2.06 bits per heavy atom. The van der Waals surface area contributed by atoms with E-state index in [9.17, 15) is 40.6 Å². The Morgan fingerprint density at radius 2 is 1.53 bits per heavy atom. The molecule has 0 aliphatic rings. The average Bonchev–Trinajstić information content (AvgIpc) is 2.98. The van der Waals surface area contributed by atoms with Crippen LogP contribution in [0.3, 0.4) is 0 Å². The largest absolute Gasteiger partial charge is 2.00 e. The average molecular weight is 546 g/mol. The first-order valence-electron chi connectivity index (χ1n) is 8.81. The van der Waals surface area contributed by atoms with E-state index in [0.717, 1.165) is 28.9 Å². The third-order valence-electron chi connectivity index (χ3n) is 4.47. The van der Waals surface area contributed by atoms with Crippen LogP contribution in [0.2, 0.25) is 0 Å². The topological polar surface area (TPSA) is 217 Å². The van der Waals surface area contributed by atoms with Gasteiger partial charge in [0.25, 0.3) is 5.56 Å². The van der Waals surface area contributed by atoms with Gasteiger partial charge in [0.05, 0.1) is 32.8 Å². The zero-order valence-electron chi connectivity index (χ0n) is 18.2. The monoisotopic (exact) mass is 546 g/mol. The van der Waals surface area contributed by atoms with E-state index in [2.05, 4.69) is 15.3 Å². The zero-order valence-corrected chi connectivity index (χ0v) is 20.1. The Hall–Kier alpha value is -3.13. The molecule has 0 amide bonds. The number of nitrogens with one attached hydrogen (secondary N) is 1. The number of hydrogen-bond donors (Lipinski definition) is 1. The Labute approximate surface area is 204 Å². The van der Waals surface area contributed by atoms with Crippen LogP contribution in [0.25, 0.3) is 5.69 Å².